The number of benzene rings is 2. The first-order valence-corrected chi connectivity index (χ1v) is 21.5. The highest BCUT2D eigenvalue weighted by molar-refractivity contribution is 7.21. The summed E-state index contributed by atoms with van der Waals surface area (Å²) in [5.74, 6) is -0.586. The molecular weight excluding hydrogens is 931 g/mol. The highest BCUT2D eigenvalue weighted by Gasteiger charge is 2.33. The number of hydrogen-bond acceptors (Lipinski definition) is 15. The van der Waals surface area contributed by atoms with Crippen molar-refractivity contribution in [1.82, 2.24) is 25.6 Å². The molecule has 0 saturated heterocycles. The van der Waals surface area contributed by atoms with E-state index in [1.165, 1.54) is 61.4 Å². The molecule has 2 amide bonds. The van der Waals surface area contributed by atoms with E-state index in [9.17, 15) is 41.5 Å². The fourth-order valence-electron chi connectivity index (χ4n) is 7.00. The van der Waals surface area contributed by atoms with Crippen LogP contribution in [0, 0.1) is 0 Å². The number of aromatic nitrogens is 3. The van der Waals surface area contributed by atoms with E-state index in [2.05, 4.69) is 20.3 Å². The molecule has 0 unspecified atom stereocenters. The molecule has 6 aromatic heterocycles. The van der Waals surface area contributed by atoms with Crippen LogP contribution in [-0.2, 0) is 0 Å². The molecule has 0 saturated carbocycles. The van der Waals surface area contributed by atoms with E-state index in [-0.39, 0.29) is 37.1 Å². The number of halogens is 4. The van der Waals surface area contributed by atoms with Crippen LogP contribution >= 0.6 is 34.0 Å². The first-order valence-electron chi connectivity index (χ1n) is 19.1. The zero-order chi connectivity index (χ0) is 47.4. The summed E-state index contributed by atoms with van der Waals surface area (Å²) >= 11 is 3.17. The number of hydrogen-bond donors (Lipinski definition) is 3. The maximum atomic E-state index is 12.3. The molecule has 6 heterocycles. The molecule has 3 N–H and O–H groups in total. The van der Waals surface area contributed by atoms with E-state index in [4.69, 9.17) is 24.1 Å². The Hall–Kier alpha value is -7.30. The van der Waals surface area contributed by atoms with E-state index in [1.807, 2.05) is 11.4 Å². The molecule has 340 valence electrons. The monoisotopic (exact) mass is 963 g/mol. The number of alkyl halides is 4. The van der Waals surface area contributed by atoms with Crippen molar-refractivity contribution < 1.29 is 65.6 Å². The predicted molar refractivity (Wildman–Crippen MR) is 240 cm³/mol. The summed E-state index contributed by atoms with van der Waals surface area (Å²) in [7, 11) is 6.20. The number of pyridine rings is 3. The summed E-state index contributed by atoms with van der Waals surface area (Å²) < 4.78 is 72.2. The van der Waals surface area contributed by atoms with Crippen molar-refractivity contribution in [3.05, 3.63) is 110 Å². The van der Waals surface area contributed by atoms with E-state index >= 15 is 0 Å². The summed E-state index contributed by atoms with van der Waals surface area (Å²) in [5.41, 5.74) is 0.518. The quantitative estimate of drug-likeness (QED) is 0.104. The Bertz CT molecular complexity index is 3040. The van der Waals surface area contributed by atoms with E-state index in [1.54, 1.807) is 57.2 Å². The Labute approximate surface area is 381 Å². The van der Waals surface area contributed by atoms with Gasteiger partial charge in [0.25, 0.3) is 24.7 Å². The lowest BCUT2D eigenvalue weighted by molar-refractivity contribution is 0.0701. The van der Waals surface area contributed by atoms with Crippen molar-refractivity contribution >= 4 is 105 Å². The average Bonchev–Trinajstić information content (AvgIpc) is 4.09. The number of ether oxygens (including phenoxy) is 4. The number of amides is 2. The molecule has 0 fully saturated rings. The Morgan fingerprint density at radius 1 is 0.561 bits per heavy atom. The maximum Gasteiger partial charge on any atom is 0.345 e. The highest BCUT2D eigenvalue weighted by Crippen LogP contribution is 2.47. The first kappa shape index (κ1) is 46.7. The van der Waals surface area contributed by atoms with Crippen molar-refractivity contribution in [2.24, 2.45) is 0 Å². The van der Waals surface area contributed by atoms with Crippen LogP contribution in [0.15, 0.2) is 73.6 Å². The van der Waals surface area contributed by atoms with Crippen molar-refractivity contribution in [3.63, 3.8) is 0 Å². The van der Waals surface area contributed by atoms with Gasteiger partial charge in [-0.3, -0.25) is 34.1 Å². The Kier molecular flexibility index (Phi) is 14.0. The second-order valence-corrected chi connectivity index (χ2v) is 16.8. The number of carboxylic acid groups (broad SMARTS) is 1. The Morgan fingerprint density at radius 3 is 1.50 bits per heavy atom. The second-order valence-electron chi connectivity index (χ2n) is 13.6. The van der Waals surface area contributed by atoms with Crippen molar-refractivity contribution in [1.29, 1.82) is 0 Å². The number of rotatable bonds is 11. The molecule has 0 bridgehead atoms. The largest absolute Gasteiger partial charge is 0.495 e. The van der Waals surface area contributed by atoms with Crippen molar-refractivity contribution in [2.45, 2.75) is 12.9 Å². The smallest absolute Gasteiger partial charge is 0.345 e. The van der Waals surface area contributed by atoms with Gasteiger partial charge in [0.2, 0.25) is 5.78 Å². The van der Waals surface area contributed by atoms with E-state index < -0.39 is 49.5 Å². The highest BCUT2D eigenvalue weighted by atomic mass is 32.1. The SMILES string of the molecule is COc1c2cnccc2c(OC)c2sc(C(=O)NCC(F)F)cc12.COc1c2cnccc2c(OC)c2sc(C(=O)O)cc12.O=C(NCC(F)F)c1cc2c(s1)C(=O)c1ccncc1C2=O. The number of nitrogens with one attached hydrogen (secondary N) is 2. The number of ketones is 2. The molecule has 66 heavy (non-hydrogen) atoms. The molecule has 0 atom stereocenters. The summed E-state index contributed by atoms with van der Waals surface area (Å²) in [5, 5.41) is 18.0. The Balaban J connectivity index is 0.000000148. The van der Waals surface area contributed by atoms with Gasteiger partial charge in [-0.15, -0.1) is 34.0 Å². The van der Waals surface area contributed by atoms with Crippen LogP contribution < -0.4 is 29.6 Å². The third kappa shape index (κ3) is 9.01. The standard InChI is InChI=1S/C16H14F2N2O3S.C14H8F2N2O3S.C14H11NO4S/c1-22-13-9-5-11(16(21)20-7-12(17)18)24-15(9)14(23-2)8-3-4-19-6-10(8)13;15-10(16)5-18-14(21)9-3-7-11(19)8-4-17-2-1-6(8)12(20)13(7)22-9;1-18-11-8-5-10(14(16)17)20-13(8)12(19-2)7-3-4-15-6-9(7)11/h3-6,12H,7H2,1-2H3,(H,20,21);1-4,10H,5H2,(H,18,21);3-6H,1-2H3,(H,16,17). The summed E-state index contributed by atoms with van der Waals surface area (Å²) in [6, 6.07) is 9.55. The lowest BCUT2D eigenvalue weighted by Gasteiger charge is -2.12. The lowest BCUT2D eigenvalue weighted by Crippen LogP contribution is -2.27. The number of nitrogens with zero attached hydrogens (tertiary/aromatic N) is 3. The minimum atomic E-state index is -2.67. The van der Waals surface area contributed by atoms with E-state index in [0.29, 0.717) is 33.3 Å². The van der Waals surface area contributed by atoms with Crippen LogP contribution in [-0.4, -0.2) is 104 Å². The van der Waals surface area contributed by atoms with Crippen LogP contribution in [0.2, 0.25) is 0 Å². The van der Waals surface area contributed by atoms with Crippen molar-refractivity contribution in [2.75, 3.05) is 41.5 Å². The minimum Gasteiger partial charge on any atom is -0.495 e. The van der Waals surface area contributed by atoms with Gasteiger partial charge in [0.15, 0.2) is 5.78 Å². The van der Waals surface area contributed by atoms with Gasteiger partial charge < -0.3 is 34.7 Å². The second kappa shape index (κ2) is 19.8. The van der Waals surface area contributed by atoms with Crippen LogP contribution in [0.5, 0.6) is 23.0 Å². The number of carboxylic acids is 1. The van der Waals surface area contributed by atoms with Gasteiger partial charge in [-0.2, -0.15) is 0 Å². The summed E-state index contributed by atoms with van der Waals surface area (Å²) in [6.07, 6.45) is 4.09. The Morgan fingerprint density at radius 2 is 1.02 bits per heavy atom. The summed E-state index contributed by atoms with van der Waals surface area (Å²) in [4.78, 5) is 72.5. The predicted octanol–water partition coefficient (Wildman–Crippen LogP) is 8.54. The van der Waals surface area contributed by atoms with Gasteiger partial charge in [0.05, 0.1) is 71.1 Å². The molecule has 8 aromatic rings. The lowest BCUT2D eigenvalue weighted by atomic mass is 9.90. The molecule has 2 aromatic carbocycles. The van der Waals surface area contributed by atoms with E-state index in [0.717, 1.165) is 47.7 Å². The van der Waals surface area contributed by atoms with Crippen LogP contribution in [0.3, 0.4) is 0 Å². The van der Waals surface area contributed by atoms with Gasteiger partial charge >= 0.3 is 5.97 Å². The number of aromatic carboxylic acids is 1. The number of carbonyl (C=O) groups excluding carboxylic acids is 4. The molecule has 9 rings (SSSR count). The first-order chi connectivity index (χ1) is 31.7. The average molecular weight is 964 g/mol. The molecule has 0 spiro atoms. The van der Waals surface area contributed by atoms with Gasteiger partial charge in [-0.25, -0.2) is 22.4 Å². The molecule has 0 radical (unpaired) electrons. The molecular formula is C44H33F4N5O10S3. The zero-order valence-corrected chi connectivity index (χ0v) is 37.1. The molecule has 22 heteroatoms. The van der Waals surface area contributed by atoms with Crippen LogP contribution in [0.25, 0.3) is 41.7 Å². The van der Waals surface area contributed by atoms with Gasteiger partial charge in [-0.1, -0.05) is 0 Å². The van der Waals surface area contributed by atoms with Crippen molar-refractivity contribution in [3.8, 4) is 23.0 Å². The van der Waals surface area contributed by atoms with Gasteiger partial charge in [0, 0.05) is 80.6 Å². The topological polar surface area (TPSA) is 205 Å². The number of fused-ring (bicyclic) bond motifs is 6. The van der Waals surface area contributed by atoms with Crippen LogP contribution in [0.1, 0.15) is 60.2 Å². The number of carbonyl (C=O) groups is 5. The third-order valence-corrected chi connectivity index (χ3v) is 13.2. The number of thiophene rings is 3. The summed E-state index contributed by atoms with van der Waals surface area (Å²) in [6.45, 7) is -1.47. The fraction of sp³-hybridized carbons (Fsp3) is 0.182. The molecule has 15 nitrogen and oxygen atoms in total. The maximum absolute atomic E-state index is 12.3. The number of methoxy groups -OCH3 is 4. The molecule has 0 aliphatic heterocycles. The normalized spacial score (nSPS) is 11.7. The van der Waals surface area contributed by atoms with Gasteiger partial charge in [0.1, 0.15) is 27.9 Å². The third-order valence-electron chi connectivity index (χ3n) is 9.79. The van der Waals surface area contributed by atoms with Gasteiger partial charge in [-0.05, 0) is 36.4 Å². The molecule has 1 aliphatic rings. The fourth-order valence-corrected chi connectivity index (χ4v) is 10.2. The minimum absolute atomic E-state index is 0.0492. The zero-order valence-electron chi connectivity index (χ0n) is 34.7. The molecule has 1 aliphatic carbocycles. The van der Waals surface area contributed by atoms with Crippen LogP contribution in [0.4, 0.5) is 17.6 Å².